The standard InChI is InChI=1S/C13H14BrN3O4/c1-7-2-3-8(14)9(4-7)16-13(21)17-6-11(18)15-5-10(17)12(19)20/h2-4,10H,5-6H2,1H3,(H,15,18)(H,16,21)(H,19,20). The van der Waals surface area contributed by atoms with Crippen molar-refractivity contribution in [1.82, 2.24) is 10.2 Å². The molecular weight excluding hydrogens is 342 g/mol. The molecule has 1 aliphatic rings. The Hall–Kier alpha value is -2.09. The number of aryl methyl sites for hydroxylation is 1. The lowest BCUT2D eigenvalue weighted by molar-refractivity contribution is -0.144. The molecule has 0 spiro atoms. The van der Waals surface area contributed by atoms with Crippen molar-refractivity contribution in [1.29, 1.82) is 0 Å². The van der Waals surface area contributed by atoms with Gasteiger partial charge in [0.2, 0.25) is 5.91 Å². The minimum Gasteiger partial charge on any atom is -0.480 e. The number of carboxylic acid groups (broad SMARTS) is 1. The van der Waals surface area contributed by atoms with Gasteiger partial charge >= 0.3 is 12.0 Å². The van der Waals surface area contributed by atoms with Crippen molar-refractivity contribution in [3.63, 3.8) is 0 Å². The lowest BCUT2D eigenvalue weighted by atomic mass is 10.2. The first-order valence-corrected chi connectivity index (χ1v) is 7.01. The van der Waals surface area contributed by atoms with Crippen LogP contribution in [0.25, 0.3) is 0 Å². The number of piperazine rings is 1. The normalized spacial score (nSPS) is 18.1. The maximum Gasteiger partial charge on any atom is 0.328 e. The third-order valence-electron chi connectivity index (χ3n) is 3.09. The number of nitrogens with one attached hydrogen (secondary N) is 2. The Labute approximate surface area is 129 Å². The zero-order valence-electron chi connectivity index (χ0n) is 11.2. The molecule has 1 aromatic rings. The smallest absolute Gasteiger partial charge is 0.328 e. The Morgan fingerprint density at radius 3 is 2.86 bits per heavy atom. The van der Waals surface area contributed by atoms with E-state index in [4.69, 9.17) is 5.11 Å². The fraction of sp³-hybridized carbons (Fsp3) is 0.308. The van der Waals surface area contributed by atoms with Crippen LogP contribution in [0.15, 0.2) is 22.7 Å². The largest absolute Gasteiger partial charge is 0.480 e. The summed E-state index contributed by atoms with van der Waals surface area (Å²) in [5.41, 5.74) is 1.47. The van der Waals surface area contributed by atoms with Gasteiger partial charge in [0.15, 0.2) is 0 Å². The van der Waals surface area contributed by atoms with Crippen LogP contribution >= 0.6 is 15.9 Å². The van der Waals surface area contributed by atoms with Crippen molar-refractivity contribution in [2.45, 2.75) is 13.0 Å². The van der Waals surface area contributed by atoms with E-state index in [0.29, 0.717) is 10.2 Å². The molecule has 1 aromatic carbocycles. The van der Waals surface area contributed by atoms with E-state index in [9.17, 15) is 14.4 Å². The second kappa shape index (κ2) is 6.13. The van der Waals surface area contributed by atoms with Gasteiger partial charge < -0.3 is 15.7 Å². The fourth-order valence-corrected chi connectivity index (χ4v) is 2.34. The molecule has 1 atom stereocenters. The number of urea groups is 1. The van der Waals surface area contributed by atoms with Crippen molar-refractivity contribution in [2.75, 3.05) is 18.4 Å². The number of amides is 3. The van der Waals surface area contributed by atoms with Crippen molar-refractivity contribution in [3.8, 4) is 0 Å². The number of anilines is 1. The van der Waals surface area contributed by atoms with Crippen molar-refractivity contribution in [3.05, 3.63) is 28.2 Å². The maximum absolute atomic E-state index is 12.2. The van der Waals surface area contributed by atoms with Gasteiger partial charge in [0.25, 0.3) is 0 Å². The summed E-state index contributed by atoms with van der Waals surface area (Å²) >= 11 is 3.31. The number of benzene rings is 1. The molecule has 1 unspecified atom stereocenters. The van der Waals surface area contributed by atoms with E-state index in [1.54, 1.807) is 12.1 Å². The van der Waals surface area contributed by atoms with Gasteiger partial charge in [0, 0.05) is 11.0 Å². The van der Waals surface area contributed by atoms with Crippen LogP contribution in [0.2, 0.25) is 0 Å². The third kappa shape index (κ3) is 3.52. The number of carboxylic acids is 1. The Morgan fingerprint density at radius 2 is 2.19 bits per heavy atom. The first-order valence-electron chi connectivity index (χ1n) is 6.22. The van der Waals surface area contributed by atoms with Gasteiger partial charge in [-0.15, -0.1) is 0 Å². The Morgan fingerprint density at radius 1 is 1.48 bits per heavy atom. The number of aliphatic carboxylic acids is 1. The van der Waals surface area contributed by atoms with E-state index < -0.39 is 18.0 Å². The molecule has 0 radical (unpaired) electrons. The van der Waals surface area contributed by atoms with Crippen molar-refractivity contribution >= 4 is 39.5 Å². The second-order valence-corrected chi connectivity index (χ2v) is 5.55. The summed E-state index contributed by atoms with van der Waals surface area (Å²) in [7, 11) is 0. The average molecular weight is 356 g/mol. The summed E-state index contributed by atoms with van der Waals surface area (Å²) in [5.74, 6) is -1.54. The molecule has 1 aliphatic heterocycles. The molecule has 1 fully saturated rings. The molecule has 2 rings (SSSR count). The van der Waals surface area contributed by atoms with E-state index in [2.05, 4.69) is 26.6 Å². The Balaban J connectivity index is 2.19. The van der Waals surface area contributed by atoms with Crippen LogP contribution in [-0.2, 0) is 9.59 Å². The molecule has 21 heavy (non-hydrogen) atoms. The second-order valence-electron chi connectivity index (χ2n) is 4.70. The van der Waals surface area contributed by atoms with Gasteiger partial charge in [0.1, 0.15) is 12.6 Å². The van der Waals surface area contributed by atoms with E-state index in [0.717, 1.165) is 10.5 Å². The lowest BCUT2D eigenvalue weighted by Gasteiger charge is -2.32. The van der Waals surface area contributed by atoms with Crippen LogP contribution < -0.4 is 10.6 Å². The highest BCUT2D eigenvalue weighted by atomic mass is 79.9. The van der Waals surface area contributed by atoms with Gasteiger partial charge in [0.05, 0.1) is 5.69 Å². The van der Waals surface area contributed by atoms with E-state index in [1.165, 1.54) is 0 Å². The van der Waals surface area contributed by atoms with E-state index in [-0.39, 0.29) is 19.0 Å². The van der Waals surface area contributed by atoms with Crippen LogP contribution in [-0.4, -0.2) is 47.0 Å². The van der Waals surface area contributed by atoms with Gasteiger partial charge in [-0.05, 0) is 40.5 Å². The first kappa shape index (κ1) is 15.3. The number of hydrogen-bond donors (Lipinski definition) is 3. The number of hydrogen-bond acceptors (Lipinski definition) is 3. The zero-order valence-corrected chi connectivity index (χ0v) is 12.8. The SMILES string of the molecule is Cc1ccc(Br)c(NC(=O)N2CC(=O)NCC2C(=O)O)c1. The van der Waals surface area contributed by atoms with Gasteiger partial charge in [-0.25, -0.2) is 9.59 Å². The summed E-state index contributed by atoms with van der Waals surface area (Å²) in [6.45, 7) is 1.49. The molecule has 0 saturated carbocycles. The predicted octanol–water partition coefficient (Wildman–Crippen LogP) is 1.17. The van der Waals surface area contributed by atoms with Crippen LogP contribution in [0.3, 0.4) is 0 Å². The van der Waals surface area contributed by atoms with Gasteiger partial charge in [-0.2, -0.15) is 0 Å². The molecule has 0 aromatic heterocycles. The average Bonchev–Trinajstić information content (AvgIpc) is 2.42. The molecular formula is C13H14BrN3O4. The number of rotatable bonds is 2. The van der Waals surface area contributed by atoms with Crippen molar-refractivity contribution < 1.29 is 19.5 Å². The minimum atomic E-state index is -1.16. The Kier molecular flexibility index (Phi) is 4.46. The zero-order chi connectivity index (χ0) is 15.6. The number of carbonyl (C=O) groups is 3. The highest BCUT2D eigenvalue weighted by molar-refractivity contribution is 9.10. The summed E-state index contributed by atoms with van der Waals surface area (Å²) in [6, 6.07) is 3.70. The lowest BCUT2D eigenvalue weighted by Crippen LogP contribution is -2.60. The third-order valence-corrected chi connectivity index (χ3v) is 3.78. The molecule has 1 heterocycles. The number of nitrogens with zero attached hydrogens (tertiary/aromatic N) is 1. The molecule has 1 saturated heterocycles. The Bertz CT molecular complexity index is 605. The molecule has 112 valence electrons. The summed E-state index contributed by atoms with van der Waals surface area (Å²) in [4.78, 5) is 35.8. The molecule has 8 heteroatoms. The highest BCUT2D eigenvalue weighted by Gasteiger charge is 2.35. The highest BCUT2D eigenvalue weighted by Crippen LogP contribution is 2.24. The monoisotopic (exact) mass is 355 g/mol. The molecule has 7 nitrogen and oxygen atoms in total. The molecule has 3 N–H and O–H groups in total. The molecule has 0 bridgehead atoms. The molecule has 0 aliphatic carbocycles. The summed E-state index contributed by atoms with van der Waals surface area (Å²) < 4.78 is 0.676. The first-order chi connectivity index (χ1) is 9.88. The van der Waals surface area contributed by atoms with Crippen LogP contribution in [0.5, 0.6) is 0 Å². The maximum atomic E-state index is 12.2. The summed E-state index contributed by atoms with van der Waals surface area (Å²) in [6.07, 6.45) is 0. The van der Waals surface area contributed by atoms with Crippen LogP contribution in [0.4, 0.5) is 10.5 Å². The minimum absolute atomic E-state index is 0.101. The van der Waals surface area contributed by atoms with Crippen LogP contribution in [0, 0.1) is 6.92 Å². The van der Waals surface area contributed by atoms with Crippen molar-refractivity contribution in [2.24, 2.45) is 0 Å². The number of carbonyl (C=O) groups excluding carboxylic acids is 2. The van der Waals surface area contributed by atoms with E-state index >= 15 is 0 Å². The van der Waals surface area contributed by atoms with Gasteiger partial charge in [-0.3, -0.25) is 9.69 Å². The quantitative estimate of drug-likeness (QED) is 0.741. The van der Waals surface area contributed by atoms with Crippen LogP contribution in [0.1, 0.15) is 5.56 Å². The summed E-state index contributed by atoms with van der Waals surface area (Å²) in [5, 5.41) is 14.2. The van der Waals surface area contributed by atoms with E-state index in [1.807, 2.05) is 13.0 Å². The fourth-order valence-electron chi connectivity index (χ4n) is 2.00. The molecule has 3 amide bonds. The van der Waals surface area contributed by atoms with Gasteiger partial charge in [-0.1, -0.05) is 6.07 Å². The predicted molar refractivity (Wildman–Crippen MR) is 79.0 cm³/mol. The topological polar surface area (TPSA) is 98.7 Å². The number of halogens is 1.